The third kappa shape index (κ3) is 3.11. The average Bonchev–Trinajstić information content (AvgIpc) is 3.05. The first-order chi connectivity index (χ1) is 10.5. The van der Waals surface area contributed by atoms with Crippen LogP contribution in [0.1, 0.15) is 18.4 Å². The van der Waals surface area contributed by atoms with Crippen molar-refractivity contribution < 1.29 is 4.42 Å². The maximum atomic E-state index is 6.01. The molecule has 3 rings (SSSR count). The Morgan fingerprint density at radius 1 is 1.50 bits per heavy atom. The normalized spacial score (nSPS) is 12.7. The zero-order chi connectivity index (χ0) is 15.7. The number of nitrogens with two attached hydrogens (primary N) is 1. The van der Waals surface area contributed by atoms with Crippen molar-refractivity contribution in [3.63, 3.8) is 0 Å². The largest absolute Gasteiger partial charge is 0.467 e. The van der Waals surface area contributed by atoms with Crippen molar-refractivity contribution in [2.75, 3.05) is 5.32 Å². The summed E-state index contributed by atoms with van der Waals surface area (Å²) in [5, 5.41) is 4.26. The van der Waals surface area contributed by atoms with E-state index in [1.807, 2.05) is 19.1 Å². The van der Waals surface area contributed by atoms with Crippen LogP contribution in [0.15, 0.2) is 27.3 Å². The first-order valence-corrected chi connectivity index (χ1v) is 7.97. The quantitative estimate of drug-likeness (QED) is 0.586. The van der Waals surface area contributed by atoms with Crippen LogP contribution in [0.3, 0.4) is 0 Å². The third-order valence-electron chi connectivity index (χ3n) is 3.17. The van der Waals surface area contributed by atoms with Crippen LogP contribution in [-0.4, -0.2) is 21.0 Å². The number of nitrogens with zero attached hydrogens (tertiary/aromatic N) is 2. The molecular weight excluding hydrogens is 370 g/mol. The molecular formula is C14H15BrClN5O. The minimum absolute atomic E-state index is 0.0346. The van der Waals surface area contributed by atoms with Gasteiger partial charge in [0.05, 0.1) is 22.7 Å². The molecule has 3 aromatic heterocycles. The van der Waals surface area contributed by atoms with Gasteiger partial charge in [0.25, 0.3) is 0 Å². The van der Waals surface area contributed by atoms with E-state index in [0.717, 1.165) is 21.3 Å². The van der Waals surface area contributed by atoms with Gasteiger partial charge in [-0.1, -0.05) is 0 Å². The Balaban J connectivity index is 1.99. The van der Waals surface area contributed by atoms with E-state index in [-0.39, 0.29) is 11.3 Å². The van der Waals surface area contributed by atoms with Gasteiger partial charge in [-0.25, -0.2) is 0 Å². The van der Waals surface area contributed by atoms with Crippen molar-refractivity contribution in [2.24, 2.45) is 5.73 Å². The highest BCUT2D eigenvalue weighted by Gasteiger charge is 2.17. The van der Waals surface area contributed by atoms with Gasteiger partial charge >= 0.3 is 0 Å². The summed E-state index contributed by atoms with van der Waals surface area (Å²) in [5.41, 5.74) is 7.52. The minimum Gasteiger partial charge on any atom is -0.467 e. The molecule has 0 saturated carbocycles. The van der Waals surface area contributed by atoms with Crippen LogP contribution in [0.25, 0.3) is 11.0 Å². The van der Waals surface area contributed by atoms with Gasteiger partial charge in [0.1, 0.15) is 17.2 Å². The summed E-state index contributed by atoms with van der Waals surface area (Å²) in [7, 11) is 0. The molecule has 0 aliphatic carbocycles. The van der Waals surface area contributed by atoms with Gasteiger partial charge in [0, 0.05) is 18.2 Å². The third-order valence-corrected chi connectivity index (χ3v) is 4.22. The number of hydrogen-bond donors (Lipinski definition) is 3. The van der Waals surface area contributed by atoms with E-state index in [4.69, 9.17) is 21.8 Å². The van der Waals surface area contributed by atoms with Gasteiger partial charge in [-0.05, 0) is 46.6 Å². The van der Waals surface area contributed by atoms with Gasteiger partial charge in [-0.15, -0.1) is 0 Å². The van der Waals surface area contributed by atoms with E-state index < -0.39 is 0 Å². The maximum Gasteiger partial charge on any atom is 0.226 e. The predicted molar refractivity (Wildman–Crippen MR) is 90.0 cm³/mol. The van der Waals surface area contributed by atoms with Crippen LogP contribution in [0.5, 0.6) is 0 Å². The molecule has 0 spiro atoms. The molecule has 116 valence electrons. The predicted octanol–water partition coefficient (Wildman–Crippen LogP) is 3.47. The highest BCUT2D eigenvalue weighted by Crippen LogP contribution is 2.33. The van der Waals surface area contributed by atoms with Crippen molar-refractivity contribution in [1.29, 1.82) is 0 Å². The number of halogens is 2. The Bertz CT molecular complexity index is 784. The van der Waals surface area contributed by atoms with Crippen LogP contribution in [-0.2, 0) is 13.0 Å². The van der Waals surface area contributed by atoms with Gasteiger partial charge in [0.15, 0.2) is 0 Å². The number of aromatic amines is 1. The summed E-state index contributed by atoms with van der Waals surface area (Å²) in [6, 6.07) is 3.76. The zero-order valence-corrected chi connectivity index (χ0v) is 14.2. The molecule has 3 heterocycles. The Hall–Kier alpha value is -1.57. The van der Waals surface area contributed by atoms with Crippen molar-refractivity contribution >= 4 is 44.4 Å². The summed E-state index contributed by atoms with van der Waals surface area (Å²) < 4.78 is 6.21. The lowest BCUT2D eigenvalue weighted by molar-refractivity contribution is 0.518. The van der Waals surface area contributed by atoms with Crippen LogP contribution in [0.2, 0.25) is 5.28 Å². The number of rotatable bonds is 5. The molecule has 3 aromatic rings. The van der Waals surface area contributed by atoms with Crippen LogP contribution < -0.4 is 11.1 Å². The molecule has 0 radical (unpaired) electrons. The second-order valence-corrected chi connectivity index (χ2v) is 6.23. The van der Waals surface area contributed by atoms with E-state index in [1.54, 1.807) is 6.26 Å². The van der Waals surface area contributed by atoms with Crippen molar-refractivity contribution in [2.45, 2.75) is 25.9 Å². The number of furan rings is 1. The lowest BCUT2D eigenvalue weighted by Crippen LogP contribution is -2.18. The molecule has 0 aliphatic rings. The maximum absolute atomic E-state index is 6.01. The Morgan fingerprint density at radius 3 is 3.00 bits per heavy atom. The molecule has 0 fully saturated rings. The lowest BCUT2D eigenvalue weighted by Gasteiger charge is -2.06. The van der Waals surface area contributed by atoms with Crippen molar-refractivity contribution in [3.8, 4) is 0 Å². The highest BCUT2D eigenvalue weighted by atomic mass is 79.9. The smallest absolute Gasteiger partial charge is 0.226 e. The molecule has 8 heteroatoms. The second-order valence-electron chi connectivity index (χ2n) is 5.10. The Morgan fingerprint density at radius 2 is 2.32 bits per heavy atom. The standard InChI is InChI=1S/C14H15BrClN5O/c1-7(17)5-9-11(15)10-12(18-6-8-3-2-4-22-8)20-14(16)21-13(10)19-9/h2-4,7H,5-6,17H2,1H3,(H2,18,19,20,21). The lowest BCUT2D eigenvalue weighted by atomic mass is 10.2. The van der Waals surface area contributed by atoms with E-state index >= 15 is 0 Å². The van der Waals surface area contributed by atoms with Gasteiger partial charge < -0.3 is 20.5 Å². The zero-order valence-electron chi connectivity index (χ0n) is 11.9. The molecule has 0 amide bonds. The summed E-state index contributed by atoms with van der Waals surface area (Å²) in [5.74, 6) is 1.45. The molecule has 0 saturated heterocycles. The first kappa shape index (κ1) is 15.3. The average molecular weight is 385 g/mol. The molecule has 4 N–H and O–H groups in total. The van der Waals surface area contributed by atoms with Crippen molar-refractivity contribution in [1.82, 2.24) is 15.0 Å². The molecule has 0 aliphatic heterocycles. The topological polar surface area (TPSA) is 92.8 Å². The Kier molecular flexibility index (Phi) is 4.37. The number of anilines is 1. The van der Waals surface area contributed by atoms with Crippen LogP contribution in [0.4, 0.5) is 5.82 Å². The fraction of sp³-hybridized carbons (Fsp3) is 0.286. The second kappa shape index (κ2) is 6.28. The number of H-pyrrole nitrogens is 1. The highest BCUT2D eigenvalue weighted by molar-refractivity contribution is 9.10. The molecule has 22 heavy (non-hydrogen) atoms. The van der Waals surface area contributed by atoms with Crippen LogP contribution in [0, 0.1) is 0 Å². The molecule has 1 unspecified atom stereocenters. The minimum atomic E-state index is 0.0346. The summed E-state index contributed by atoms with van der Waals surface area (Å²) in [6.07, 6.45) is 2.33. The molecule has 0 bridgehead atoms. The SMILES string of the molecule is CC(N)Cc1[nH]c2nc(Cl)nc(NCc3ccco3)c2c1Br. The molecule has 6 nitrogen and oxygen atoms in total. The molecule has 0 aromatic carbocycles. The molecule has 1 atom stereocenters. The van der Waals surface area contributed by atoms with E-state index in [1.165, 1.54) is 0 Å². The first-order valence-electron chi connectivity index (χ1n) is 6.80. The number of nitrogens with one attached hydrogen (secondary N) is 2. The van der Waals surface area contributed by atoms with Gasteiger partial charge in [0.2, 0.25) is 5.28 Å². The summed E-state index contributed by atoms with van der Waals surface area (Å²) in [6.45, 7) is 2.46. The Labute approximate surface area is 140 Å². The van der Waals surface area contributed by atoms with E-state index in [0.29, 0.717) is 24.4 Å². The van der Waals surface area contributed by atoms with E-state index in [9.17, 15) is 0 Å². The van der Waals surface area contributed by atoms with Gasteiger partial charge in [-0.2, -0.15) is 9.97 Å². The van der Waals surface area contributed by atoms with Crippen molar-refractivity contribution in [3.05, 3.63) is 39.6 Å². The fourth-order valence-corrected chi connectivity index (χ4v) is 3.06. The fourth-order valence-electron chi connectivity index (χ4n) is 2.26. The van der Waals surface area contributed by atoms with Gasteiger partial charge in [-0.3, -0.25) is 0 Å². The van der Waals surface area contributed by atoms with E-state index in [2.05, 4.69) is 36.2 Å². The summed E-state index contributed by atoms with van der Waals surface area (Å²) >= 11 is 9.61. The monoisotopic (exact) mass is 383 g/mol. The number of hydrogen-bond acceptors (Lipinski definition) is 5. The summed E-state index contributed by atoms with van der Waals surface area (Å²) in [4.78, 5) is 11.8. The van der Waals surface area contributed by atoms with Crippen LogP contribution >= 0.6 is 27.5 Å². The number of fused-ring (bicyclic) bond motifs is 1. The number of aromatic nitrogens is 3.